The maximum absolute atomic E-state index is 13.1. The molecule has 0 radical (unpaired) electrons. The van der Waals surface area contributed by atoms with Gasteiger partial charge in [-0.05, 0) is 52.0 Å². The van der Waals surface area contributed by atoms with E-state index in [2.05, 4.69) is 10.3 Å². The average Bonchev–Trinajstić information content (AvgIpc) is 3.05. The number of hydrogen-bond donors (Lipinski definition) is 1. The van der Waals surface area contributed by atoms with Crippen molar-refractivity contribution in [2.75, 3.05) is 6.54 Å². The first kappa shape index (κ1) is 21.5. The third-order valence-corrected chi connectivity index (χ3v) is 4.99. The van der Waals surface area contributed by atoms with Crippen LogP contribution in [0.5, 0.6) is 0 Å². The number of aromatic nitrogens is 3. The van der Waals surface area contributed by atoms with Gasteiger partial charge in [0, 0.05) is 37.4 Å². The highest BCUT2D eigenvalue weighted by Crippen LogP contribution is 2.18. The molecule has 0 spiro atoms. The van der Waals surface area contributed by atoms with Crippen LogP contribution in [0, 0.1) is 0 Å². The molecule has 30 heavy (non-hydrogen) atoms. The maximum atomic E-state index is 13.1. The van der Waals surface area contributed by atoms with Gasteiger partial charge in [-0.2, -0.15) is 0 Å². The Hall–Kier alpha value is -3.22. The summed E-state index contributed by atoms with van der Waals surface area (Å²) < 4.78 is 1.96. The highest BCUT2D eigenvalue weighted by atomic mass is 16.2. The van der Waals surface area contributed by atoms with Gasteiger partial charge in [0.2, 0.25) is 5.91 Å². The first-order valence-corrected chi connectivity index (χ1v) is 10.3. The molecule has 0 unspecified atom stereocenters. The van der Waals surface area contributed by atoms with Crippen molar-refractivity contribution in [1.29, 1.82) is 0 Å². The van der Waals surface area contributed by atoms with E-state index >= 15 is 0 Å². The molecule has 0 aliphatic heterocycles. The molecule has 2 amide bonds. The van der Waals surface area contributed by atoms with Gasteiger partial charge in [-0.3, -0.25) is 14.6 Å². The minimum atomic E-state index is -0.173. The van der Waals surface area contributed by atoms with Crippen LogP contribution in [0.15, 0.2) is 48.8 Å². The molecule has 0 aliphatic rings. The lowest BCUT2D eigenvalue weighted by atomic mass is 10.2. The summed E-state index contributed by atoms with van der Waals surface area (Å²) in [4.78, 5) is 35.9. The summed E-state index contributed by atoms with van der Waals surface area (Å²) in [5, 5.41) is 2.90. The third-order valence-electron chi connectivity index (χ3n) is 4.99. The summed E-state index contributed by atoms with van der Waals surface area (Å²) in [5.41, 5.74) is 2.29. The van der Waals surface area contributed by atoms with E-state index in [0.29, 0.717) is 18.5 Å². The Morgan fingerprint density at radius 1 is 1.07 bits per heavy atom. The number of benzene rings is 1. The fraction of sp³-hybridized carbons (Fsp3) is 0.391. The van der Waals surface area contributed by atoms with Crippen LogP contribution >= 0.6 is 0 Å². The Bertz CT molecular complexity index is 1000. The molecular weight excluding hydrogens is 378 g/mol. The lowest BCUT2D eigenvalue weighted by molar-refractivity contribution is -0.135. The zero-order valence-corrected chi connectivity index (χ0v) is 18.0. The number of rotatable bonds is 8. The number of para-hydroxylation sites is 2. The van der Waals surface area contributed by atoms with E-state index in [1.807, 2.05) is 61.4 Å². The van der Waals surface area contributed by atoms with Gasteiger partial charge in [0.25, 0.3) is 5.91 Å². The summed E-state index contributed by atoms with van der Waals surface area (Å²) in [6.07, 6.45) is 3.70. The number of carbonyl (C=O) groups excluding carboxylic acids is 2. The van der Waals surface area contributed by atoms with Crippen LogP contribution in [-0.4, -0.2) is 49.9 Å². The van der Waals surface area contributed by atoms with Gasteiger partial charge in [0.15, 0.2) is 0 Å². The molecule has 0 aliphatic carbocycles. The Morgan fingerprint density at radius 3 is 2.47 bits per heavy atom. The standard InChI is InChI=1S/C23H29N5O2/c1-16(2)28(17(3)4)22(29)15-27-20-10-6-5-9-19(20)26-21(27)11-13-25-23(30)18-8-7-12-24-14-18/h5-10,12,14,16-17H,11,13,15H2,1-4H3,(H,25,30). The largest absolute Gasteiger partial charge is 0.352 e. The molecule has 3 rings (SSSR count). The zero-order valence-electron chi connectivity index (χ0n) is 18.0. The van der Waals surface area contributed by atoms with Crippen LogP contribution < -0.4 is 5.32 Å². The van der Waals surface area contributed by atoms with Crippen LogP contribution in [-0.2, 0) is 17.8 Å². The van der Waals surface area contributed by atoms with Gasteiger partial charge < -0.3 is 14.8 Å². The second kappa shape index (κ2) is 9.52. The first-order valence-electron chi connectivity index (χ1n) is 10.3. The van der Waals surface area contributed by atoms with Crippen molar-refractivity contribution >= 4 is 22.8 Å². The van der Waals surface area contributed by atoms with E-state index in [4.69, 9.17) is 4.98 Å². The molecule has 0 saturated carbocycles. The number of fused-ring (bicyclic) bond motifs is 1. The normalized spacial score (nSPS) is 11.3. The molecule has 0 bridgehead atoms. The summed E-state index contributed by atoms with van der Waals surface area (Å²) in [5.74, 6) is 0.667. The van der Waals surface area contributed by atoms with Crippen LogP contribution in [0.25, 0.3) is 11.0 Å². The zero-order chi connectivity index (χ0) is 21.7. The number of amides is 2. The molecule has 0 atom stereocenters. The van der Waals surface area contributed by atoms with E-state index in [0.717, 1.165) is 16.9 Å². The summed E-state index contributed by atoms with van der Waals surface area (Å²) in [6.45, 7) is 8.75. The number of carbonyl (C=O) groups is 2. The van der Waals surface area contributed by atoms with Crippen LogP contribution in [0.2, 0.25) is 0 Å². The minimum absolute atomic E-state index is 0.0591. The fourth-order valence-electron chi connectivity index (χ4n) is 3.77. The number of nitrogens with one attached hydrogen (secondary N) is 1. The lowest BCUT2D eigenvalue weighted by Gasteiger charge is -2.31. The average molecular weight is 408 g/mol. The molecule has 7 heteroatoms. The van der Waals surface area contributed by atoms with E-state index < -0.39 is 0 Å². The predicted octanol–water partition coefficient (Wildman–Crippen LogP) is 3.05. The third kappa shape index (κ3) is 4.84. The van der Waals surface area contributed by atoms with Crippen molar-refractivity contribution in [3.8, 4) is 0 Å². The number of imidazole rings is 1. The number of nitrogens with zero attached hydrogens (tertiary/aromatic N) is 4. The van der Waals surface area contributed by atoms with Gasteiger partial charge in [-0.1, -0.05) is 12.1 Å². The molecule has 0 fully saturated rings. The van der Waals surface area contributed by atoms with Crippen LogP contribution in [0.4, 0.5) is 0 Å². The van der Waals surface area contributed by atoms with E-state index in [1.165, 1.54) is 6.20 Å². The van der Waals surface area contributed by atoms with Gasteiger partial charge >= 0.3 is 0 Å². The van der Waals surface area contributed by atoms with Gasteiger partial charge in [-0.25, -0.2) is 4.98 Å². The van der Waals surface area contributed by atoms with E-state index in [9.17, 15) is 9.59 Å². The second-order valence-corrected chi connectivity index (χ2v) is 7.84. The van der Waals surface area contributed by atoms with Gasteiger partial charge in [-0.15, -0.1) is 0 Å². The van der Waals surface area contributed by atoms with Gasteiger partial charge in [0.05, 0.1) is 16.6 Å². The highest BCUT2D eigenvalue weighted by molar-refractivity contribution is 5.93. The first-order chi connectivity index (χ1) is 14.4. The molecule has 0 saturated heterocycles. The summed E-state index contributed by atoms with van der Waals surface area (Å²) in [6, 6.07) is 11.5. The second-order valence-electron chi connectivity index (χ2n) is 7.84. The van der Waals surface area contributed by atoms with Crippen molar-refractivity contribution in [3.05, 3.63) is 60.2 Å². The smallest absolute Gasteiger partial charge is 0.252 e. The lowest BCUT2D eigenvalue weighted by Crippen LogP contribution is -2.43. The molecule has 7 nitrogen and oxygen atoms in total. The van der Waals surface area contributed by atoms with Crippen molar-refractivity contribution in [2.24, 2.45) is 0 Å². The molecule has 1 aromatic carbocycles. The minimum Gasteiger partial charge on any atom is -0.352 e. The molecular formula is C23H29N5O2. The van der Waals surface area contributed by atoms with Gasteiger partial charge in [0.1, 0.15) is 12.4 Å². The summed E-state index contributed by atoms with van der Waals surface area (Å²) >= 11 is 0. The topological polar surface area (TPSA) is 80.1 Å². The highest BCUT2D eigenvalue weighted by Gasteiger charge is 2.22. The van der Waals surface area contributed by atoms with Crippen LogP contribution in [0.3, 0.4) is 0 Å². The van der Waals surface area contributed by atoms with E-state index in [1.54, 1.807) is 18.3 Å². The Balaban J connectivity index is 1.78. The number of hydrogen-bond acceptors (Lipinski definition) is 4. The molecule has 158 valence electrons. The van der Waals surface area contributed by atoms with Crippen molar-refractivity contribution in [3.63, 3.8) is 0 Å². The van der Waals surface area contributed by atoms with Crippen molar-refractivity contribution < 1.29 is 9.59 Å². The number of pyridine rings is 1. The molecule has 2 aromatic heterocycles. The summed E-state index contributed by atoms with van der Waals surface area (Å²) in [7, 11) is 0. The molecule has 1 N–H and O–H groups in total. The van der Waals surface area contributed by atoms with E-state index in [-0.39, 0.29) is 30.4 Å². The fourth-order valence-corrected chi connectivity index (χ4v) is 3.77. The van der Waals surface area contributed by atoms with Crippen molar-refractivity contribution in [1.82, 2.24) is 24.8 Å². The molecule has 2 heterocycles. The predicted molar refractivity (Wildman–Crippen MR) is 117 cm³/mol. The Morgan fingerprint density at radius 2 is 1.80 bits per heavy atom. The van der Waals surface area contributed by atoms with Crippen molar-refractivity contribution in [2.45, 2.75) is 52.7 Å². The Labute approximate surface area is 177 Å². The Kier molecular flexibility index (Phi) is 6.82. The molecule has 3 aromatic rings. The monoisotopic (exact) mass is 407 g/mol. The maximum Gasteiger partial charge on any atom is 0.252 e. The van der Waals surface area contributed by atoms with Crippen LogP contribution in [0.1, 0.15) is 43.9 Å². The SMILES string of the molecule is CC(C)N(C(=O)Cn1c(CCNC(=O)c2cccnc2)nc2ccccc21)C(C)C. The quantitative estimate of drug-likeness (QED) is 0.622.